The number of thiocarbonyl (C=S) groups is 1. The first-order valence-corrected chi connectivity index (χ1v) is 17.1. The fourth-order valence-corrected chi connectivity index (χ4v) is 9.79. The number of thioether (sulfide) groups is 1. The van der Waals surface area contributed by atoms with Gasteiger partial charge in [-0.2, -0.15) is 0 Å². The Morgan fingerprint density at radius 2 is 1.56 bits per heavy atom. The molecule has 0 radical (unpaired) electrons. The van der Waals surface area contributed by atoms with Crippen molar-refractivity contribution in [3.63, 3.8) is 0 Å². The first-order chi connectivity index (χ1) is 21.3. The third-order valence-electron chi connectivity index (χ3n) is 6.81. The quantitative estimate of drug-likeness (QED) is 0.216. The Morgan fingerprint density at radius 1 is 0.911 bits per heavy atom. The van der Waals surface area contributed by atoms with Crippen LogP contribution in [0.5, 0.6) is 0 Å². The normalized spacial score (nSPS) is 17.4. The van der Waals surface area contributed by atoms with E-state index in [2.05, 4.69) is 0 Å². The molecule has 0 unspecified atom stereocenters. The van der Waals surface area contributed by atoms with E-state index in [9.17, 15) is 39.3 Å². The van der Waals surface area contributed by atoms with Crippen LogP contribution in [0.1, 0.15) is 13.8 Å². The maximum absolute atomic E-state index is 13.8. The van der Waals surface area contributed by atoms with Gasteiger partial charge in [-0.3, -0.25) is 0 Å². The monoisotopic (exact) mass is 731 g/mol. The number of hydrogen-bond acceptors (Lipinski definition) is 9. The Labute approximate surface area is 275 Å². The average Bonchev–Trinajstić information content (AvgIpc) is 3.57. The summed E-state index contributed by atoms with van der Waals surface area (Å²) in [5, 5.41) is 28.6. The van der Waals surface area contributed by atoms with Crippen LogP contribution in [0.25, 0.3) is 21.6 Å². The van der Waals surface area contributed by atoms with Crippen molar-refractivity contribution in [1.82, 2.24) is 9.47 Å². The molecule has 3 N–H and O–H groups in total. The Morgan fingerprint density at radius 3 is 2.18 bits per heavy atom. The first-order valence-electron chi connectivity index (χ1n) is 13.4. The first kappa shape index (κ1) is 32.4. The molecule has 1 fully saturated rings. The van der Waals surface area contributed by atoms with Crippen molar-refractivity contribution in [3.05, 3.63) is 78.8 Å². The fourth-order valence-electron chi connectivity index (χ4n) is 4.78. The second-order valence-corrected chi connectivity index (χ2v) is 15.1. The van der Waals surface area contributed by atoms with Gasteiger partial charge in [0.05, 0.1) is 0 Å². The van der Waals surface area contributed by atoms with Gasteiger partial charge < -0.3 is 0 Å². The van der Waals surface area contributed by atoms with Crippen molar-refractivity contribution >= 4 is 99.0 Å². The number of carbonyl (C=O) groups excluding carboxylic acids is 1. The van der Waals surface area contributed by atoms with E-state index in [1.165, 1.54) is 0 Å². The predicted molar refractivity (Wildman–Crippen MR) is 177 cm³/mol. The summed E-state index contributed by atoms with van der Waals surface area (Å²) in [6.45, 7) is 2.03. The second kappa shape index (κ2) is 13.2. The summed E-state index contributed by atoms with van der Waals surface area (Å²) in [7, 11) is 0. The molecular formula is C30H25N3O8S3Se. The molecule has 3 aromatic rings. The number of hydrogen-bond donors (Lipinski definition) is 3. The van der Waals surface area contributed by atoms with Gasteiger partial charge in [-0.1, -0.05) is 0 Å². The number of fused-ring (bicyclic) bond motifs is 1. The van der Waals surface area contributed by atoms with Gasteiger partial charge in [-0.05, 0) is 0 Å². The average molecular weight is 731 g/mol. The van der Waals surface area contributed by atoms with Crippen LogP contribution in [-0.4, -0.2) is 81.0 Å². The number of amides is 1. The summed E-state index contributed by atoms with van der Waals surface area (Å²) >= 11 is 6.65. The van der Waals surface area contributed by atoms with Gasteiger partial charge in [-0.25, -0.2) is 0 Å². The molecule has 45 heavy (non-hydrogen) atoms. The Bertz CT molecular complexity index is 1980. The van der Waals surface area contributed by atoms with Crippen LogP contribution in [0.3, 0.4) is 0 Å². The van der Waals surface area contributed by atoms with E-state index >= 15 is 0 Å². The van der Waals surface area contributed by atoms with E-state index in [0.29, 0.717) is 10.2 Å². The zero-order valence-corrected chi connectivity index (χ0v) is 27.9. The molecule has 2 aromatic carbocycles. The van der Waals surface area contributed by atoms with Crippen LogP contribution in [0.2, 0.25) is 0 Å². The molecule has 15 heteroatoms. The number of aliphatic carboxylic acids is 3. The van der Waals surface area contributed by atoms with Crippen molar-refractivity contribution in [2.24, 2.45) is 5.92 Å². The van der Waals surface area contributed by atoms with Crippen LogP contribution >= 0.6 is 35.3 Å². The summed E-state index contributed by atoms with van der Waals surface area (Å²) in [6.07, 6.45) is 1.80. The number of thiazole rings is 1. The summed E-state index contributed by atoms with van der Waals surface area (Å²) in [5.41, 5.74) is 2.61. The number of carboxylic acids is 3. The Kier molecular flexibility index (Phi) is 9.46. The van der Waals surface area contributed by atoms with E-state index in [0.717, 1.165) is 53.8 Å². The van der Waals surface area contributed by atoms with Gasteiger partial charge in [0.15, 0.2) is 0 Å². The maximum atomic E-state index is 13.8. The second-order valence-electron chi connectivity index (χ2n) is 10.2. The van der Waals surface area contributed by atoms with Crippen LogP contribution in [-0.2, 0) is 25.7 Å². The Balaban J connectivity index is 1.70. The van der Waals surface area contributed by atoms with E-state index in [1.807, 2.05) is 62.4 Å². The molecular weight excluding hydrogens is 706 g/mol. The molecule has 232 valence electrons. The number of carboxylic acid groups (broad SMARTS) is 3. The Hall–Kier alpha value is -4.01. The van der Waals surface area contributed by atoms with Gasteiger partial charge in [0, 0.05) is 0 Å². The molecule has 0 aliphatic carbocycles. The molecule has 0 spiro atoms. The molecule has 2 aliphatic heterocycles. The summed E-state index contributed by atoms with van der Waals surface area (Å²) < 4.78 is 2.93. The molecule has 1 saturated heterocycles. The summed E-state index contributed by atoms with van der Waals surface area (Å²) in [5.74, 6) is -4.57. The molecule has 1 amide bonds. The molecule has 0 atom stereocenters. The van der Waals surface area contributed by atoms with Crippen LogP contribution in [0.15, 0.2) is 64.0 Å². The summed E-state index contributed by atoms with van der Waals surface area (Å²) in [4.78, 5) is 64.7. The van der Waals surface area contributed by atoms with E-state index in [-0.39, 0.29) is 45.8 Å². The van der Waals surface area contributed by atoms with Gasteiger partial charge in [0.1, 0.15) is 0 Å². The van der Waals surface area contributed by atoms with Gasteiger partial charge >= 0.3 is 277 Å². The van der Waals surface area contributed by atoms with Crippen molar-refractivity contribution in [2.75, 3.05) is 18.0 Å². The topological polar surface area (TPSA) is 157 Å². The van der Waals surface area contributed by atoms with Gasteiger partial charge in [-0.15, -0.1) is 0 Å². The minimum absolute atomic E-state index is 0.0116. The van der Waals surface area contributed by atoms with Crippen molar-refractivity contribution < 1.29 is 34.5 Å². The fraction of sp³-hybridized carbons (Fsp3) is 0.200. The van der Waals surface area contributed by atoms with Crippen molar-refractivity contribution in [1.29, 1.82) is 0 Å². The van der Waals surface area contributed by atoms with Gasteiger partial charge in [0.25, 0.3) is 0 Å². The van der Waals surface area contributed by atoms with Crippen LogP contribution in [0, 0.1) is 5.92 Å². The molecule has 0 bridgehead atoms. The van der Waals surface area contributed by atoms with Crippen LogP contribution in [0.4, 0.5) is 5.69 Å². The summed E-state index contributed by atoms with van der Waals surface area (Å²) in [6, 6.07) is 15.7. The van der Waals surface area contributed by atoms with E-state index in [1.54, 1.807) is 11.0 Å². The molecule has 5 rings (SSSR count). The number of nitrogens with zero attached hydrogens (tertiary/aromatic N) is 3. The molecule has 1 aromatic heterocycles. The molecule has 11 nitrogen and oxygen atoms in total. The standard InChI is InChI=1S/C30H25N3O8S3Se/c1-15(2)18(11-21-31(12-22(34)35)19-10-17(8-9-20(19)45-21)16-6-4-3-5-7-16)25-27(40)32(13-23(36)37)29(43-25)26-28(41)33(14-24(38)39)30(42)44-26/h3-11,15H,12-14H2,1-2H3,(H,34,35)(H,36,37)(H,38,39)/b21-11-,25-18-,29-26-. The number of rotatable bonds is 9. The third-order valence-corrected chi connectivity index (χ3v) is 11.9. The van der Waals surface area contributed by atoms with E-state index in [4.69, 9.17) is 12.2 Å². The number of carbonyl (C=O) groups is 4. The third kappa shape index (κ3) is 6.67. The van der Waals surface area contributed by atoms with Crippen molar-refractivity contribution in [2.45, 2.75) is 20.4 Å². The zero-order chi connectivity index (χ0) is 32.6. The van der Waals surface area contributed by atoms with Crippen LogP contribution < -0.4 is 24.1 Å². The molecule has 2 aliphatic rings. The zero-order valence-electron chi connectivity index (χ0n) is 23.8. The number of benzene rings is 2. The number of aromatic nitrogens is 1. The SMILES string of the molecule is CC(C)C(/C=C1\[Se]c2ccc(-c3ccccc3)cc2N1CC(=O)O)=c1\s/c(=C2\SC(=S)N(CC(=O)O)C2=O)n(CC(=O)O)c1=O. The van der Waals surface area contributed by atoms with Gasteiger partial charge in [0.2, 0.25) is 0 Å². The predicted octanol–water partition coefficient (Wildman–Crippen LogP) is 1.30. The molecule has 0 saturated carbocycles. The number of allylic oxidation sites excluding steroid dienone is 1. The van der Waals surface area contributed by atoms with Crippen molar-refractivity contribution in [3.8, 4) is 11.1 Å². The van der Waals surface area contributed by atoms with E-state index < -0.39 is 42.5 Å². The minimum atomic E-state index is -1.30. The molecule has 3 heterocycles. The number of anilines is 1.